The monoisotopic (exact) mass is 263 g/mol. The molecule has 1 aliphatic carbocycles. The van der Waals surface area contributed by atoms with E-state index in [9.17, 15) is 9.18 Å². The van der Waals surface area contributed by atoms with E-state index in [1.807, 2.05) is 0 Å². The molecule has 0 amide bonds. The minimum Gasteiger partial charge on any atom is -0.329 e. The summed E-state index contributed by atoms with van der Waals surface area (Å²) in [6.07, 6.45) is 6.35. The summed E-state index contributed by atoms with van der Waals surface area (Å²) in [5, 5.41) is 0. The highest BCUT2D eigenvalue weighted by Gasteiger charge is 2.36. The molecule has 0 heterocycles. The average Bonchev–Trinajstić information content (AvgIpc) is 2.67. The van der Waals surface area contributed by atoms with Gasteiger partial charge in [0.25, 0.3) is 0 Å². The summed E-state index contributed by atoms with van der Waals surface area (Å²) in [6.45, 7) is 0.389. The molecule has 0 aliphatic heterocycles. The smallest absolute Gasteiger partial charge is 0.144 e. The van der Waals surface area contributed by atoms with Crippen molar-refractivity contribution in [2.75, 3.05) is 6.54 Å². The molecule has 0 bridgehead atoms. The zero-order valence-electron chi connectivity index (χ0n) is 11.3. The molecule has 1 aromatic carbocycles. The van der Waals surface area contributed by atoms with Gasteiger partial charge in [-0.3, -0.25) is 4.79 Å². The number of benzene rings is 1. The Labute approximate surface area is 114 Å². The molecule has 2 nitrogen and oxygen atoms in total. The highest BCUT2D eigenvalue weighted by atomic mass is 19.1. The highest BCUT2D eigenvalue weighted by molar-refractivity contribution is 5.87. The molecule has 0 atom stereocenters. The summed E-state index contributed by atoms with van der Waals surface area (Å²) in [5.41, 5.74) is 5.96. The second-order valence-corrected chi connectivity index (χ2v) is 5.59. The van der Waals surface area contributed by atoms with Crippen LogP contribution in [0.15, 0.2) is 24.3 Å². The lowest BCUT2D eigenvalue weighted by molar-refractivity contribution is -0.128. The molecule has 3 heteroatoms. The molecule has 19 heavy (non-hydrogen) atoms. The number of nitrogens with two attached hydrogens (primary N) is 1. The van der Waals surface area contributed by atoms with Crippen molar-refractivity contribution in [1.82, 2.24) is 0 Å². The largest absolute Gasteiger partial charge is 0.329 e. The number of halogens is 1. The van der Waals surface area contributed by atoms with Gasteiger partial charge in [0.15, 0.2) is 0 Å². The molecule has 1 fully saturated rings. The molecule has 2 rings (SSSR count). The summed E-state index contributed by atoms with van der Waals surface area (Å²) in [5.74, 6) is -0.182. The van der Waals surface area contributed by atoms with Crippen molar-refractivity contribution in [1.29, 1.82) is 0 Å². The predicted molar refractivity (Wildman–Crippen MR) is 74.3 cm³/mol. The third kappa shape index (κ3) is 3.21. The Balaban J connectivity index is 2.14. The summed E-state index contributed by atoms with van der Waals surface area (Å²) in [6, 6.07) is 6.51. The van der Waals surface area contributed by atoms with E-state index in [1.165, 1.54) is 18.9 Å². The number of Topliss-reactive ketones (excluding diaryl/α,β-unsaturated/α-hetero) is 1. The van der Waals surface area contributed by atoms with Crippen LogP contribution in [0.25, 0.3) is 0 Å². The van der Waals surface area contributed by atoms with Crippen LogP contribution >= 0.6 is 0 Å². The lowest BCUT2D eigenvalue weighted by Gasteiger charge is -2.29. The molecule has 1 saturated carbocycles. The molecule has 0 unspecified atom stereocenters. The van der Waals surface area contributed by atoms with Crippen LogP contribution in [0.2, 0.25) is 0 Å². The minimum atomic E-state index is -0.418. The number of rotatable bonds is 4. The van der Waals surface area contributed by atoms with Gasteiger partial charge in [-0.25, -0.2) is 4.39 Å². The summed E-state index contributed by atoms with van der Waals surface area (Å²) < 4.78 is 13.6. The molecule has 1 aliphatic rings. The van der Waals surface area contributed by atoms with E-state index in [-0.39, 0.29) is 18.0 Å². The van der Waals surface area contributed by atoms with Gasteiger partial charge in [-0.2, -0.15) is 0 Å². The predicted octanol–water partition coefficient (Wildman–Crippen LogP) is 3.24. The van der Waals surface area contributed by atoms with Crippen molar-refractivity contribution in [3.63, 3.8) is 0 Å². The molecule has 0 saturated heterocycles. The molecule has 1 aromatic rings. The number of carbonyl (C=O) groups is 1. The molecule has 0 radical (unpaired) electrons. The molecule has 2 N–H and O–H groups in total. The molecule has 0 spiro atoms. The van der Waals surface area contributed by atoms with Crippen molar-refractivity contribution >= 4 is 5.78 Å². The first kappa shape index (κ1) is 14.2. The Kier molecular flexibility index (Phi) is 4.70. The fourth-order valence-electron chi connectivity index (χ4n) is 3.00. The van der Waals surface area contributed by atoms with Crippen LogP contribution in [0, 0.1) is 11.2 Å². The highest BCUT2D eigenvalue weighted by Crippen LogP contribution is 2.36. The van der Waals surface area contributed by atoms with Crippen molar-refractivity contribution in [3.05, 3.63) is 35.6 Å². The fourth-order valence-corrected chi connectivity index (χ4v) is 3.00. The van der Waals surface area contributed by atoms with Crippen LogP contribution in [0.3, 0.4) is 0 Å². The van der Waals surface area contributed by atoms with Gasteiger partial charge < -0.3 is 5.73 Å². The Hall–Kier alpha value is -1.22. The number of ketones is 1. The van der Waals surface area contributed by atoms with Crippen LogP contribution in [-0.4, -0.2) is 12.3 Å². The van der Waals surface area contributed by atoms with E-state index in [4.69, 9.17) is 5.73 Å². The maximum absolute atomic E-state index is 13.6. The van der Waals surface area contributed by atoms with Crippen LogP contribution < -0.4 is 5.73 Å². The van der Waals surface area contributed by atoms with Gasteiger partial charge in [0.05, 0.1) is 0 Å². The standard InChI is InChI=1S/C16H22FNO/c17-14-8-4-3-7-13(14)11-15(19)16(12-18)9-5-1-2-6-10-16/h3-4,7-8H,1-2,5-6,9-12,18H2. The first-order valence-corrected chi connectivity index (χ1v) is 7.15. The first-order valence-electron chi connectivity index (χ1n) is 7.15. The molecule has 0 aromatic heterocycles. The van der Waals surface area contributed by atoms with Gasteiger partial charge in [0.1, 0.15) is 11.6 Å². The Morgan fingerprint density at radius 1 is 1.16 bits per heavy atom. The van der Waals surface area contributed by atoms with Gasteiger partial charge >= 0.3 is 0 Å². The Bertz CT molecular complexity index is 436. The van der Waals surface area contributed by atoms with Crippen molar-refractivity contribution < 1.29 is 9.18 Å². The number of hydrogen-bond acceptors (Lipinski definition) is 2. The van der Waals surface area contributed by atoms with Crippen LogP contribution in [-0.2, 0) is 11.2 Å². The Morgan fingerprint density at radius 2 is 1.79 bits per heavy atom. The minimum absolute atomic E-state index is 0.113. The fraction of sp³-hybridized carbons (Fsp3) is 0.562. The van der Waals surface area contributed by atoms with Gasteiger partial charge in [-0.05, 0) is 24.5 Å². The number of carbonyl (C=O) groups excluding carboxylic acids is 1. The third-order valence-electron chi connectivity index (χ3n) is 4.35. The van der Waals surface area contributed by atoms with Crippen molar-refractivity contribution in [3.8, 4) is 0 Å². The third-order valence-corrected chi connectivity index (χ3v) is 4.35. The molecular weight excluding hydrogens is 241 g/mol. The van der Waals surface area contributed by atoms with E-state index in [0.717, 1.165) is 25.7 Å². The number of hydrogen-bond donors (Lipinski definition) is 1. The van der Waals surface area contributed by atoms with E-state index < -0.39 is 5.41 Å². The summed E-state index contributed by atoms with van der Waals surface area (Å²) in [4.78, 5) is 12.6. The lowest BCUT2D eigenvalue weighted by Crippen LogP contribution is -2.39. The quantitative estimate of drug-likeness (QED) is 0.847. The van der Waals surface area contributed by atoms with Crippen LogP contribution in [0.4, 0.5) is 4.39 Å². The van der Waals surface area contributed by atoms with E-state index >= 15 is 0 Å². The van der Waals surface area contributed by atoms with Gasteiger partial charge in [0.2, 0.25) is 0 Å². The zero-order valence-corrected chi connectivity index (χ0v) is 11.3. The maximum atomic E-state index is 13.6. The van der Waals surface area contributed by atoms with Crippen LogP contribution in [0.5, 0.6) is 0 Å². The SMILES string of the molecule is NCC1(C(=O)Cc2ccccc2F)CCCCCC1. The van der Waals surface area contributed by atoms with Gasteiger partial charge in [-0.1, -0.05) is 43.9 Å². The van der Waals surface area contributed by atoms with E-state index in [1.54, 1.807) is 18.2 Å². The maximum Gasteiger partial charge on any atom is 0.144 e. The van der Waals surface area contributed by atoms with E-state index in [2.05, 4.69) is 0 Å². The summed E-state index contributed by atoms with van der Waals surface area (Å²) in [7, 11) is 0. The molecule has 104 valence electrons. The lowest BCUT2D eigenvalue weighted by atomic mass is 9.74. The topological polar surface area (TPSA) is 43.1 Å². The van der Waals surface area contributed by atoms with Gasteiger partial charge in [-0.15, -0.1) is 0 Å². The second-order valence-electron chi connectivity index (χ2n) is 5.59. The molecular formula is C16H22FNO. The average molecular weight is 263 g/mol. The zero-order chi connectivity index (χ0) is 13.7. The second kappa shape index (κ2) is 6.29. The normalized spacial score (nSPS) is 18.8. The van der Waals surface area contributed by atoms with Gasteiger partial charge in [0, 0.05) is 18.4 Å². The Morgan fingerprint density at radius 3 is 2.37 bits per heavy atom. The first-order chi connectivity index (χ1) is 9.18. The van der Waals surface area contributed by atoms with E-state index in [0.29, 0.717) is 12.1 Å². The van der Waals surface area contributed by atoms with Crippen molar-refractivity contribution in [2.24, 2.45) is 11.1 Å². The summed E-state index contributed by atoms with van der Waals surface area (Å²) >= 11 is 0. The van der Waals surface area contributed by atoms with Crippen LogP contribution in [0.1, 0.15) is 44.1 Å². The van der Waals surface area contributed by atoms with Crippen molar-refractivity contribution in [2.45, 2.75) is 44.9 Å².